The molecule has 0 atom stereocenters. The van der Waals surface area contributed by atoms with Gasteiger partial charge < -0.3 is 10.6 Å². The Labute approximate surface area is 193 Å². The topological polar surface area (TPSA) is 88.9 Å². The number of nitrogens with one attached hydrogen (secondary N) is 2. The number of aromatic nitrogens is 3. The molecule has 34 heavy (non-hydrogen) atoms. The fourth-order valence-corrected chi connectivity index (χ4v) is 3.71. The van der Waals surface area contributed by atoms with E-state index in [2.05, 4.69) is 20.6 Å². The van der Waals surface area contributed by atoms with Gasteiger partial charge in [-0.1, -0.05) is 12.1 Å². The van der Waals surface area contributed by atoms with Crippen molar-refractivity contribution in [2.75, 3.05) is 5.32 Å². The Kier molecular flexibility index (Phi) is 5.75. The third kappa shape index (κ3) is 4.63. The molecule has 0 spiro atoms. The highest BCUT2D eigenvalue weighted by Crippen LogP contribution is 2.29. The number of nitrogens with zero attached hydrogens (tertiary/aromatic N) is 3. The minimum atomic E-state index is -1.01. The van der Waals surface area contributed by atoms with E-state index >= 15 is 0 Å². The van der Waals surface area contributed by atoms with Gasteiger partial charge in [0.2, 0.25) is 0 Å². The molecule has 1 saturated carbocycles. The van der Waals surface area contributed by atoms with Crippen molar-refractivity contribution in [3.63, 3.8) is 0 Å². The van der Waals surface area contributed by atoms with Gasteiger partial charge in [-0.15, -0.1) is 0 Å². The first-order chi connectivity index (χ1) is 16.5. The first-order valence-corrected chi connectivity index (χ1v) is 10.9. The Morgan fingerprint density at radius 1 is 1.06 bits per heavy atom. The van der Waals surface area contributed by atoms with E-state index in [1.54, 1.807) is 6.20 Å². The summed E-state index contributed by atoms with van der Waals surface area (Å²) < 4.78 is 27.8. The molecule has 0 radical (unpaired) electrons. The maximum Gasteiger partial charge on any atom is 0.266 e. The fourth-order valence-electron chi connectivity index (χ4n) is 3.71. The van der Waals surface area contributed by atoms with Crippen LogP contribution in [0.4, 0.5) is 14.5 Å². The number of rotatable bonds is 7. The second kappa shape index (κ2) is 9.01. The highest BCUT2D eigenvalue weighted by Gasteiger charge is 2.21. The molecule has 2 N–H and O–H groups in total. The molecule has 1 amide bonds. The van der Waals surface area contributed by atoms with E-state index in [0.717, 1.165) is 47.1 Å². The van der Waals surface area contributed by atoms with Crippen LogP contribution in [-0.4, -0.2) is 26.5 Å². The van der Waals surface area contributed by atoms with Crippen molar-refractivity contribution in [2.45, 2.75) is 32.0 Å². The molecule has 1 aliphatic carbocycles. The van der Waals surface area contributed by atoms with Gasteiger partial charge >= 0.3 is 0 Å². The fraction of sp³-hybridized carbons (Fsp3) is 0.200. The lowest BCUT2D eigenvalue weighted by atomic mass is 10.1. The molecule has 4 aromatic rings. The first-order valence-electron chi connectivity index (χ1n) is 10.9. The summed E-state index contributed by atoms with van der Waals surface area (Å²) >= 11 is 0. The number of pyridine rings is 1. The summed E-state index contributed by atoms with van der Waals surface area (Å²) in [5.74, 6) is -2.55. The Morgan fingerprint density at radius 3 is 2.68 bits per heavy atom. The number of benzene rings is 2. The summed E-state index contributed by atoms with van der Waals surface area (Å²) in [6.45, 7) is 0.169. The van der Waals surface area contributed by atoms with Crippen molar-refractivity contribution in [1.29, 1.82) is 0 Å². The predicted molar refractivity (Wildman–Crippen MR) is 124 cm³/mol. The van der Waals surface area contributed by atoms with E-state index in [1.165, 1.54) is 23.2 Å². The van der Waals surface area contributed by atoms with Crippen LogP contribution in [0.5, 0.6) is 0 Å². The molecule has 0 unspecified atom stereocenters. The highest BCUT2D eigenvalue weighted by molar-refractivity contribution is 5.94. The quantitative estimate of drug-likeness (QED) is 0.439. The Hall–Kier alpha value is -4.14. The molecule has 7 nitrogen and oxygen atoms in total. The molecular weight excluding hydrogens is 440 g/mol. The van der Waals surface area contributed by atoms with Gasteiger partial charge in [0.25, 0.3) is 11.5 Å². The summed E-state index contributed by atoms with van der Waals surface area (Å²) in [4.78, 5) is 33.9. The van der Waals surface area contributed by atoms with Crippen molar-refractivity contribution >= 4 is 22.5 Å². The number of carbonyl (C=O) groups excluding carboxylic acids is 1. The van der Waals surface area contributed by atoms with Gasteiger partial charge in [0, 0.05) is 36.1 Å². The maximum atomic E-state index is 13.5. The standard InChI is InChI=1S/C25H21F2N5O2/c26-20-5-1-16(10-21(20)27)13-32-14-28-12-19(25(32)34)24(33)30-11-15-2-6-22-18(9-15)23(7-8-29-22)31-17-3-4-17/h1-2,5-10,12,14,17H,3-4,11,13H2,(H,29,31)(H,30,33). The number of carbonyl (C=O) groups is 1. The third-order valence-corrected chi connectivity index (χ3v) is 5.68. The van der Waals surface area contributed by atoms with Gasteiger partial charge in [0.1, 0.15) is 5.56 Å². The number of hydrogen-bond acceptors (Lipinski definition) is 5. The van der Waals surface area contributed by atoms with E-state index in [0.29, 0.717) is 11.6 Å². The van der Waals surface area contributed by atoms with Crippen molar-refractivity contribution in [3.05, 3.63) is 99.9 Å². The van der Waals surface area contributed by atoms with Gasteiger partial charge in [-0.05, 0) is 54.3 Å². The second-order valence-corrected chi connectivity index (χ2v) is 8.30. The minimum Gasteiger partial charge on any atom is -0.382 e. The number of amides is 1. The third-order valence-electron chi connectivity index (χ3n) is 5.68. The molecule has 9 heteroatoms. The van der Waals surface area contributed by atoms with Crippen LogP contribution in [0.2, 0.25) is 0 Å². The normalized spacial score (nSPS) is 13.1. The van der Waals surface area contributed by atoms with Crippen molar-refractivity contribution in [1.82, 2.24) is 19.9 Å². The molecule has 2 aromatic heterocycles. The zero-order valence-electron chi connectivity index (χ0n) is 18.1. The molecule has 172 valence electrons. The van der Waals surface area contributed by atoms with Crippen LogP contribution in [0.1, 0.15) is 34.3 Å². The Morgan fingerprint density at radius 2 is 1.88 bits per heavy atom. The van der Waals surface area contributed by atoms with Crippen LogP contribution in [0.3, 0.4) is 0 Å². The van der Waals surface area contributed by atoms with E-state index in [1.807, 2.05) is 24.3 Å². The molecule has 5 rings (SSSR count). The predicted octanol–water partition coefficient (Wildman–Crippen LogP) is 3.62. The first kappa shape index (κ1) is 21.7. The Balaban J connectivity index is 1.31. The molecule has 1 aliphatic rings. The lowest BCUT2D eigenvalue weighted by Gasteiger charge is -2.11. The van der Waals surface area contributed by atoms with E-state index in [-0.39, 0.29) is 18.7 Å². The lowest BCUT2D eigenvalue weighted by Crippen LogP contribution is -2.33. The molecule has 1 fully saturated rings. The van der Waals surface area contributed by atoms with Crippen LogP contribution in [0, 0.1) is 11.6 Å². The van der Waals surface area contributed by atoms with Crippen LogP contribution < -0.4 is 16.2 Å². The summed E-state index contributed by atoms with van der Waals surface area (Å²) in [5, 5.41) is 7.22. The SMILES string of the molecule is O=C(NCc1ccc2nccc(NC3CC3)c2c1)c1cncn(Cc2ccc(F)c(F)c2)c1=O. The monoisotopic (exact) mass is 461 g/mol. The summed E-state index contributed by atoms with van der Waals surface area (Å²) in [7, 11) is 0. The van der Waals surface area contributed by atoms with Crippen LogP contribution >= 0.6 is 0 Å². The molecule has 0 bridgehead atoms. The lowest BCUT2D eigenvalue weighted by molar-refractivity contribution is 0.0948. The minimum absolute atomic E-state index is 0.0431. The van der Waals surface area contributed by atoms with Crippen molar-refractivity contribution in [3.8, 4) is 0 Å². The number of halogens is 2. The Bertz CT molecular complexity index is 1450. The van der Waals surface area contributed by atoms with Crippen molar-refractivity contribution in [2.24, 2.45) is 0 Å². The zero-order valence-corrected chi connectivity index (χ0v) is 18.1. The second-order valence-electron chi connectivity index (χ2n) is 8.30. The van der Waals surface area contributed by atoms with Gasteiger partial charge in [-0.3, -0.25) is 19.1 Å². The van der Waals surface area contributed by atoms with Crippen LogP contribution in [-0.2, 0) is 13.1 Å². The number of fused-ring (bicyclic) bond motifs is 1. The smallest absolute Gasteiger partial charge is 0.266 e. The summed E-state index contributed by atoms with van der Waals surface area (Å²) in [6, 6.07) is 11.5. The molecular formula is C25H21F2N5O2. The van der Waals surface area contributed by atoms with Gasteiger partial charge in [0.15, 0.2) is 11.6 Å². The molecule has 0 saturated heterocycles. The van der Waals surface area contributed by atoms with Crippen LogP contribution in [0.15, 0.2) is 66.0 Å². The summed E-state index contributed by atoms with van der Waals surface area (Å²) in [5.41, 5.74) is 2.39. The summed E-state index contributed by atoms with van der Waals surface area (Å²) in [6.07, 6.45) is 6.52. The number of hydrogen-bond donors (Lipinski definition) is 2. The van der Waals surface area contributed by atoms with Crippen molar-refractivity contribution < 1.29 is 13.6 Å². The van der Waals surface area contributed by atoms with Gasteiger partial charge in [0.05, 0.1) is 18.4 Å². The molecule has 0 aliphatic heterocycles. The highest BCUT2D eigenvalue weighted by atomic mass is 19.2. The van der Waals surface area contributed by atoms with Crippen LogP contribution in [0.25, 0.3) is 10.9 Å². The van der Waals surface area contributed by atoms with E-state index in [9.17, 15) is 18.4 Å². The average Bonchev–Trinajstić information content (AvgIpc) is 3.65. The van der Waals surface area contributed by atoms with Gasteiger partial charge in [-0.25, -0.2) is 13.8 Å². The zero-order chi connectivity index (χ0) is 23.7. The largest absolute Gasteiger partial charge is 0.382 e. The van der Waals surface area contributed by atoms with E-state index < -0.39 is 23.1 Å². The maximum absolute atomic E-state index is 13.5. The van der Waals surface area contributed by atoms with E-state index in [4.69, 9.17) is 0 Å². The molecule has 2 heterocycles. The van der Waals surface area contributed by atoms with Gasteiger partial charge in [-0.2, -0.15) is 0 Å². The molecule has 2 aromatic carbocycles. The number of anilines is 1. The average molecular weight is 461 g/mol.